The van der Waals surface area contributed by atoms with E-state index in [1.165, 1.54) is 0 Å². The second-order valence-corrected chi connectivity index (χ2v) is 8.34. The van der Waals surface area contributed by atoms with Crippen molar-refractivity contribution in [2.75, 3.05) is 0 Å². The second-order valence-electron chi connectivity index (χ2n) is 7.43. The second kappa shape index (κ2) is 10.8. The van der Waals surface area contributed by atoms with Crippen LogP contribution in [-0.2, 0) is 11.4 Å². The lowest BCUT2D eigenvalue weighted by Gasteiger charge is -2.15. The van der Waals surface area contributed by atoms with Crippen LogP contribution in [0.1, 0.15) is 18.1 Å². The van der Waals surface area contributed by atoms with Crippen molar-refractivity contribution in [2.45, 2.75) is 19.6 Å². The molecule has 5 nitrogen and oxygen atoms in total. The summed E-state index contributed by atoms with van der Waals surface area (Å²) >= 11 is 3.47. The minimum Gasteiger partial charge on any atom is -0.488 e. The average molecular weight is 503 g/mol. The number of carbonyl (C=O) groups excluding carboxylic acids is 1. The highest BCUT2D eigenvalue weighted by atomic mass is 79.9. The Kier molecular flexibility index (Phi) is 7.37. The van der Waals surface area contributed by atoms with Gasteiger partial charge in [-0.2, -0.15) is 5.10 Å². The molecule has 0 bridgehead atoms. The van der Waals surface area contributed by atoms with Gasteiger partial charge in [-0.25, -0.2) is 5.43 Å². The number of hydrazone groups is 1. The van der Waals surface area contributed by atoms with Crippen LogP contribution < -0.4 is 14.9 Å². The van der Waals surface area contributed by atoms with Gasteiger partial charge in [-0.15, -0.1) is 0 Å². The van der Waals surface area contributed by atoms with Crippen molar-refractivity contribution in [2.24, 2.45) is 5.10 Å². The molecule has 0 saturated heterocycles. The van der Waals surface area contributed by atoms with Crippen LogP contribution in [0.15, 0.2) is 101 Å². The minimum absolute atomic E-state index is 0.341. The first-order valence-electron chi connectivity index (χ1n) is 10.5. The number of para-hydroxylation sites is 1. The Hall–Kier alpha value is -3.64. The van der Waals surface area contributed by atoms with Gasteiger partial charge in [0.15, 0.2) is 6.10 Å². The Morgan fingerprint density at radius 2 is 1.70 bits per heavy atom. The van der Waals surface area contributed by atoms with E-state index in [1.54, 1.807) is 13.1 Å². The monoisotopic (exact) mass is 502 g/mol. The van der Waals surface area contributed by atoms with Crippen molar-refractivity contribution in [1.29, 1.82) is 0 Å². The van der Waals surface area contributed by atoms with Crippen molar-refractivity contribution in [3.8, 4) is 11.5 Å². The quantitative estimate of drug-likeness (QED) is 0.234. The first-order chi connectivity index (χ1) is 16.1. The van der Waals surface area contributed by atoms with Crippen LogP contribution >= 0.6 is 15.9 Å². The third-order valence-corrected chi connectivity index (χ3v) is 5.50. The van der Waals surface area contributed by atoms with E-state index >= 15 is 0 Å². The molecule has 0 aliphatic heterocycles. The molecule has 1 atom stereocenters. The summed E-state index contributed by atoms with van der Waals surface area (Å²) in [6.07, 6.45) is 0.856. The molecule has 4 aromatic rings. The smallest absolute Gasteiger partial charge is 0.280 e. The van der Waals surface area contributed by atoms with Gasteiger partial charge in [0.25, 0.3) is 5.91 Å². The molecule has 0 aromatic heterocycles. The zero-order valence-corrected chi connectivity index (χ0v) is 19.7. The van der Waals surface area contributed by atoms with E-state index < -0.39 is 6.10 Å². The third-order valence-electron chi connectivity index (χ3n) is 5.00. The summed E-state index contributed by atoms with van der Waals surface area (Å²) in [4.78, 5) is 12.5. The largest absolute Gasteiger partial charge is 0.488 e. The van der Waals surface area contributed by atoms with Crippen LogP contribution in [0.4, 0.5) is 0 Å². The normalized spacial score (nSPS) is 11.9. The van der Waals surface area contributed by atoms with Gasteiger partial charge in [-0.1, -0.05) is 76.6 Å². The molecule has 33 heavy (non-hydrogen) atoms. The van der Waals surface area contributed by atoms with E-state index in [0.29, 0.717) is 18.1 Å². The number of fused-ring (bicyclic) bond motifs is 1. The number of hydrogen-bond acceptors (Lipinski definition) is 4. The lowest BCUT2D eigenvalue weighted by Crippen LogP contribution is -2.33. The summed E-state index contributed by atoms with van der Waals surface area (Å²) in [5.41, 5.74) is 4.36. The SMILES string of the molecule is C[C@@H](Oc1cccc2ccccc12)C(=O)N/N=C\c1ccccc1OCc1cccc(Br)c1. The highest BCUT2D eigenvalue weighted by Crippen LogP contribution is 2.26. The number of benzene rings is 4. The van der Waals surface area contributed by atoms with Gasteiger partial charge in [0, 0.05) is 15.4 Å². The fourth-order valence-electron chi connectivity index (χ4n) is 3.31. The highest BCUT2D eigenvalue weighted by molar-refractivity contribution is 9.10. The van der Waals surface area contributed by atoms with Gasteiger partial charge >= 0.3 is 0 Å². The third kappa shape index (κ3) is 5.99. The van der Waals surface area contributed by atoms with Gasteiger partial charge in [0.1, 0.15) is 18.1 Å². The summed E-state index contributed by atoms with van der Waals surface area (Å²) in [6, 6.07) is 29.1. The lowest BCUT2D eigenvalue weighted by atomic mass is 10.1. The summed E-state index contributed by atoms with van der Waals surface area (Å²) in [7, 11) is 0. The van der Waals surface area contributed by atoms with Gasteiger partial charge < -0.3 is 9.47 Å². The Bertz CT molecular complexity index is 1280. The molecule has 6 heteroatoms. The molecule has 0 aliphatic rings. The van der Waals surface area contributed by atoms with E-state index in [1.807, 2.05) is 91.0 Å². The highest BCUT2D eigenvalue weighted by Gasteiger charge is 2.15. The van der Waals surface area contributed by atoms with Crippen molar-refractivity contribution in [1.82, 2.24) is 5.43 Å². The maximum Gasteiger partial charge on any atom is 0.280 e. The zero-order chi connectivity index (χ0) is 23.0. The molecule has 4 aromatic carbocycles. The van der Waals surface area contributed by atoms with Crippen LogP contribution in [0, 0.1) is 0 Å². The van der Waals surface area contributed by atoms with E-state index in [2.05, 4.69) is 26.5 Å². The number of hydrogen-bond donors (Lipinski definition) is 1. The molecule has 1 amide bonds. The molecule has 0 spiro atoms. The number of nitrogens with zero attached hydrogens (tertiary/aromatic N) is 1. The van der Waals surface area contributed by atoms with Crippen molar-refractivity contribution in [3.63, 3.8) is 0 Å². The number of ether oxygens (including phenoxy) is 2. The minimum atomic E-state index is -0.712. The standard InChI is InChI=1S/C27H23BrN2O3/c1-19(33-26-15-7-11-21-9-2-4-13-24(21)26)27(31)30-29-17-22-10-3-5-14-25(22)32-18-20-8-6-12-23(28)16-20/h2-17,19H,18H2,1H3,(H,30,31)/b29-17-/t19-/m1/s1. The van der Waals surface area contributed by atoms with E-state index in [4.69, 9.17) is 9.47 Å². The molecule has 0 radical (unpaired) electrons. The van der Waals surface area contributed by atoms with Crippen LogP contribution in [0.5, 0.6) is 11.5 Å². The van der Waals surface area contributed by atoms with Crippen LogP contribution in [0.3, 0.4) is 0 Å². The number of halogens is 1. The maximum absolute atomic E-state index is 12.5. The number of nitrogens with one attached hydrogen (secondary N) is 1. The molecule has 0 fully saturated rings. The van der Waals surface area contributed by atoms with E-state index in [9.17, 15) is 4.79 Å². The van der Waals surface area contributed by atoms with Crippen LogP contribution in [0.2, 0.25) is 0 Å². The molecule has 0 unspecified atom stereocenters. The molecule has 0 saturated carbocycles. The van der Waals surface area contributed by atoms with E-state index in [0.717, 1.165) is 26.4 Å². The zero-order valence-electron chi connectivity index (χ0n) is 18.1. The van der Waals surface area contributed by atoms with Gasteiger partial charge in [-0.3, -0.25) is 4.79 Å². The van der Waals surface area contributed by atoms with Crippen LogP contribution in [-0.4, -0.2) is 18.2 Å². The number of amides is 1. The molecule has 0 aliphatic carbocycles. The van der Waals surface area contributed by atoms with Gasteiger partial charge in [0.05, 0.1) is 6.21 Å². The summed E-state index contributed by atoms with van der Waals surface area (Å²) < 4.78 is 12.9. The number of carbonyl (C=O) groups is 1. The predicted octanol–water partition coefficient (Wildman–Crippen LogP) is 6.10. The van der Waals surface area contributed by atoms with Crippen molar-refractivity contribution in [3.05, 3.63) is 107 Å². The Morgan fingerprint density at radius 3 is 2.58 bits per heavy atom. The topological polar surface area (TPSA) is 59.9 Å². The first kappa shape index (κ1) is 22.6. The molecule has 0 heterocycles. The molecular formula is C27H23BrN2O3. The first-order valence-corrected chi connectivity index (χ1v) is 11.3. The maximum atomic E-state index is 12.5. The Labute approximate surface area is 201 Å². The summed E-state index contributed by atoms with van der Waals surface area (Å²) in [5.74, 6) is 0.994. The Morgan fingerprint density at radius 1 is 0.970 bits per heavy atom. The van der Waals surface area contributed by atoms with Crippen molar-refractivity contribution >= 4 is 38.8 Å². The molecule has 1 N–H and O–H groups in total. The average Bonchev–Trinajstić information content (AvgIpc) is 2.83. The molecule has 166 valence electrons. The van der Waals surface area contributed by atoms with E-state index in [-0.39, 0.29) is 5.91 Å². The number of rotatable bonds is 8. The lowest BCUT2D eigenvalue weighted by molar-refractivity contribution is -0.127. The predicted molar refractivity (Wildman–Crippen MR) is 135 cm³/mol. The summed E-state index contributed by atoms with van der Waals surface area (Å²) in [5, 5.41) is 6.12. The summed E-state index contributed by atoms with van der Waals surface area (Å²) in [6.45, 7) is 2.12. The van der Waals surface area contributed by atoms with Crippen LogP contribution in [0.25, 0.3) is 10.8 Å². The van der Waals surface area contributed by atoms with Gasteiger partial charge in [-0.05, 0) is 48.2 Å². The molecular weight excluding hydrogens is 480 g/mol. The molecule has 4 rings (SSSR count). The Balaban J connectivity index is 1.37. The van der Waals surface area contributed by atoms with Crippen molar-refractivity contribution < 1.29 is 14.3 Å². The fraction of sp³-hybridized carbons (Fsp3) is 0.111. The fourth-order valence-corrected chi connectivity index (χ4v) is 3.75. The van der Waals surface area contributed by atoms with Gasteiger partial charge in [0.2, 0.25) is 0 Å².